The first-order chi connectivity index (χ1) is 16.6. The van der Waals surface area contributed by atoms with E-state index in [-0.39, 0.29) is 12.2 Å². The van der Waals surface area contributed by atoms with Crippen LogP contribution in [0.3, 0.4) is 0 Å². The van der Waals surface area contributed by atoms with Crippen molar-refractivity contribution in [3.8, 4) is 11.9 Å². The van der Waals surface area contributed by atoms with Gasteiger partial charge in [-0.15, -0.1) is 11.3 Å². The van der Waals surface area contributed by atoms with Crippen LogP contribution in [0, 0.1) is 17.1 Å². The Morgan fingerprint density at radius 2 is 2.15 bits per heavy atom. The standard InChI is InChI=1S/C26H24FN5OS/c1-2-20-13-23-26(34-20)31-24(29-23)15-32-10-8-18(9-11-32)22-4-3-5-25(30-22)33-16-19-7-6-17(14-28)12-21(19)27/h3-8,12-13H,2,9-11,15-16H2,1H3,(H,29,31). The number of rotatable bonds is 7. The first-order valence-corrected chi connectivity index (χ1v) is 12.1. The quantitative estimate of drug-likeness (QED) is 0.386. The molecule has 172 valence electrons. The highest BCUT2D eigenvalue weighted by molar-refractivity contribution is 7.18. The molecule has 0 fully saturated rings. The Hall–Kier alpha value is -3.54. The van der Waals surface area contributed by atoms with Crippen molar-refractivity contribution in [2.45, 2.75) is 32.9 Å². The number of nitrogens with zero attached hydrogens (tertiary/aromatic N) is 4. The van der Waals surface area contributed by atoms with Gasteiger partial charge < -0.3 is 9.72 Å². The normalized spacial score (nSPS) is 14.2. The number of hydrogen-bond acceptors (Lipinski definition) is 6. The van der Waals surface area contributed by atoms with Gasteiger partial charge in [-0.25, -0.2) is 14.4 Å². The van der Waals surface area contributed by atoms with Crippen LogP contribution in [0.5, 0.6) is 5.88 Å². The van der Waals surface area contributed by atoms with Gasteiger partial charge in [0.15, 0.2) is 0 Å². The maximum Gasteiger partial charge on any atom is 0.214 e. The van der Waals surface area contributed by atoms with Crippen molar-refractivity contribution >= 4 is 27.3 Å². The van der Waals surface area contributed by atoms with E-state index in [1.165, 1.54) is 16.5 Å². The molecule has 8 heteroatoms. The molecule has 0 unspecified atom stereocenters. The van der Waals surface area contributed by atoms with Gasteiger partial charge in [0.1, 0.15) is 23.1 Å². The molecule has 0 saturated heterocycles. The summed E-state index contributed by atoms with van der Waals surface area (Å²) in [4.78, 5) is 17.6. The number of aromatic nitrogens is 3. The van der Waals surface area contributed by atoms with Crippen molar-refractivity contribution in [3.05, 3.63) is 81.9 Å². The second-order valence-corrected chi connectivity index (χ2v) is 9.37. The van der Waals surface area contributed by atoms with Crippen LogP contribution in [0.25, 0.3) is 15.9 Å². The number of fused-ring (bicyclic) bond motifs is 1. The number of benzene rings is 1. The minimum atomic E-state index is -0.451. The minimum Gasteiger partial charge on any atom is -0.473 e. The van der Waals surface area contributed by atoms with Gasteiger partial charge in [-0.1, -0.05) is 25.1 Å². The van der Waals surface area contributed by atoms with Crippen LogP contribution in [0.2, 0.25) is 0 Å². The average Bonchev–Trinajstić information content (AvgIpc) is 3.42. The predicted molar refractivity (Wildman–Crippen MR) is 131 cm³/mol. The third kappa shape index (κ3) is 4.86. The Labute approximate surface area is 201 Å². The summed E-state index contributed by atoms with van der Waals surface area (Å²) < 4.78 is 19.8. The highest BCUT2D eigenvalue weighted by Gasteiger charge is 2.17. The lowest BCUT2D eigenvalue weighted by Gasteiger charge is -2.25. The van der Waals surface area contributed by atoms with Gasteiger partial charge in [-0.05, 0) is 42.7 Å². The smallest absolute Gasteiger partial charge is 0.214 e. The first-order valence-electron chi connectivity index (χ1n) is 11.3. The summed E-state index contributed by atoms with van der Waals surface area (Å²) in [5, 5.41) is 8.87. The number of pyridine rings is 1. The van der Waals surface area contributed by atoms with E-state index in [0.29, 0.717) is 11.4 Å². The number of aryl methyl sites for hydroxylation is 1. The fourth-order valence-corrected chi connectivity index (χ4v) is 4.96. The third-order valence-corrected chi connectivity index (χ3v) is 7.08. The zero-order valence-corrected chi connectivity index (χ0v) is 19.7. The van der Waals surface area contributed by atoms with Crippen LogP contribution in [0.15, 0.2) is 48.5 Å². The molecule has 6 nitrogen and oxygen atoms in total. The Bertz CT molecular complexity index is 1370. The molecule has 4 heterocycles. The summed E-state index contributed by atoms with van der Waals surface area (Å²) in [7, 11) is 0. The van der Waals surface area contributed by atoms with Crippen molar-refractivity contribution in [2.24, 2.45) is 0 Å². The number of halogens is 1. The van der Waals surface area contributed by atoms with Crippen molar-refractivity contribution in [1.82, 2.24) is 19.9 Å². The van der Waals surface area contributed by atoms with E-state index in [2.05, 4.69) is 33.9 Å². The highest BCUT2D eigenvalue weighted by atomic mass is 32.1. The molecule has 1 aliphatic heterocycles. The number of aromatic amines is 1. The van der Waals surface area contributed by atoms with Gasteiger partial charge in [-0.3, -0.25) is 4.90 Å². The zero-order valence-electron chi connectivity index (χ0n) is 18.8. The van der Waals surface area contributed by atoms with Crippen LogP contribution in [-0.4, -0.2) is 32.9 Å². The summed E-state index contributed by atoms with van der Waals surface area (Å²) in [6.45, 7) is 4.76. The number of ether oxygens (including phenoxy) is 1. The molecule has 3 aromatic heterocycles. The Morgan fingerprint density at radius 3 is 2.88 bits per heavy atom. The van der Waals surface area contributed by atoms with Crippen molar-refractivity contribution in [3.63, 3.8) is 0 Å². The Kier molecular flexibility index (Phi) is 6.39. The SMILES string of the molecule is CCc1cc2[nH]c(CN3CC=C(c4cccc(OCc5ccc(C#N)cc5F)n4)CC3)nc2s1. The van der Waals surface area contributed by atoms with E-state index in [1.54, 1.807) is 29.5 Å². The lowest BCUT2D eigenvalue weighted by molar-refractivity contribution is 0.285. The maximum atomic E-state index is 14.1. The second-order valence-electron chi connectivity index (χ2n) is 8.25. The lowest BCUT2D eigenvalue weighted by Crippen LogP contribution is -2.28. The molecular weight excluding hydrogens is 449 g/mol. The number of thiophene rings is 1. The van der Waals surface area contributed by atoms with E-state index in [1.807, 2.05) is 18.2 Å². The number of H-pyrrole nitrogens is 1. The highest BCUT2D eigenvalue weighted by Crippen LogP contribution is 2.26. The fraction of sp³-hybridized carbons (Fsp3) is 0.269. The van der Waals surface area contributed by atoms with Gasteiger partial charge in [0.05, 0.1) is 29.4 Å². The molecule has 0 amide bonds. The largest absolute Gasteiger partial charge is 0.473 e. The molecule has 1 aromatic carbocycles. The van der Waals surface area contributed by atoms with E-state index in [4.69, 9.17) is 15.0 Å². The Morgan fingerprint density at radius 1 is 1.24 bits per heavy atom. The van der Waals surface area contributed by atoms with Crippen LogP contribution >= 0.6 is 11.3 Å². The molecule has 0 atom stereocenters. The Balaban J connectivity index is 1.20. The summed E-state index contributed by atoms with van der Waals surface area (Å²) >= 11 is 1.76. The van der Waals surface area contributed by atoms with Crippen LogP contribution in [0.4, 0.5) is 4.39 Å². The molecule has 5 rings (SSSR count). The van der Waals surface area contributed by atoms with E-state index in [9.17, 15) is 4.39 Å². The molecule has 0 radical (unpaired) electrons. The fourth-order valence-electron chi connectivity index (χ4n) is 4.02. The number of hydrogen-bond donors (Lipinski definition) is 1. The van der Waals surface area contributed by atoms with Gasteiger partial charge in [0.25, 0.3) is 0 Å². The maximum absolute atomic E-state index is 14.1. The third-order valence-electron chi connectivity index (χ3n) is 5.90. The minimum absolute atomic E-state index is 0.0567. The summed E-state index contributed by atoms with van der Waals surface area (Å²) in [6, 6.07) is 14.1. The monoisotopic (exact) mass is 473 g/mol. The first kappa shape index (κ1) is 22.3. The summed E-state index contributed by atoms with van der Waals surface area (Å²) in [6.07, 6.45) is 4.13. The molecule has 34 heavy (non-hydrogen) atoms. The molecular formula is C26H24FN5OS. The van der Waals surface area contributed by atoms with Gasteiger partial charge in [-0.2, -0.15) is 5.26 Å². The van der Waals surface area contributed by atoms with Crippen molar-refractivity contribution in [1.29, 1.82) is 5.26 Å². The van der Waals surface area contributed by atoms with E-state index in [0.717, 1.165) is 54.3 Å². The van der Waals surface area contributed by atoms with E-state index < -0.39 is 5.82 Å². The summed E-state index contributed by atoms with van der Waals surface area (Å²) in [5.41, 5.74) is 3.87. The molecule has 0 bridgehead atoms. The molecule has 0 saturated carbocycles. The van der Waals surface area contributed by atoms with Gasteiger partial charge >= 0.3 is 0 Å². The van der Waals surface area contributed by atoms with E-state index >= 15 is 0 Å². The molecule has 1 N–H and O–H groups in total. The van der Waals surface area contributed by atoms with Crippen molar-refractivity contribution < 1.29 is 9.13 Å². The lowest BCUT2D eigenvalue weighted by atomic mass is 10.0. The average molecular weight is 474 g/mol. The zero-order chi connectivity index (χ0) is 23.5. The molecule has 4 aromatic rings. The number of nitrogens with one attached hydrogen (secondary N) is 1. The predicted octanol–water partition coefficient (Wildman–Crippen LogP) is 5.46. The summed E-state index contributed by atoms with van der Waals surface area (Å²) in [5.74, 6) is 1.00. The van der Waals surface area contributed by atoms with Crippen molar-refractivity contribution in [2.75, 3.05) is 13.1 Å². The van der Waals surface area contributed by atoms with Crippen LogP contribution in [-0.2, 0) is 19.6 Å². The van der Waals surface area contributed by atoms with Gasteiger partial charge in [0, 0.05) is 29.6 Å². The molecule has 0 aliphatic carbocycles. The number of imidazole rings is 1. The van der Waals surface area contributed by atoms with Gasteiger partial charge in [0.2, 0.25) is 5.88 Å². The molecule has 0 spiro atoms. The van der Waals surface area contributed by atoms with Crippen LogP contribution < -0.4 is 4.74 Å². The number of nitriles is 1. The van der Waals surface area contributed by atoms with Crippen LogP contribution in [0.1, 0.15) is 40.9 Å². The second kappa shape index (κ2) is 9.75. The molecule has 1 aliphatic rings. The topological polar surface area (TPSA) is 77.8 Å².